The highest BCUT2D eigenvalue weighted by atomic mass is 32.1. The zero-order chi connectivity index (χ0) is 14.7. The van der Waals surface area contributed by atoms with Gasteiger partial charge in [0.25, 0.3) is 0 Å². The molecule has 116 valence electrons. The number of thiophene rings is 1. The number of nitrogens with one attached hydrogen (secondary N) is 1. The summed E-state index contributed by atoms with van der Waals surface area (Å²) in [6.07, 6.45) is 9.76. The smallest absolute Gasteiger partial charge is 0.231 e. The first-order valence-corrected chi connectivity index (χ1v) is 9.19. The van der Waals surface area contributed by atoms with Crippen molar-refractivity contribution in [3.63, 3.8) is 0 Å². The van der Waals surface area contributed by atoms with Crippen LogP contribution in [0.15, 0.2) is 17.5 Å². The summed E-state index contributed by atoms with van der Waals surface area (Å²) in [5.41, 5.74) is 5.70. The third kappa shape index (κ3) is 3.16. The third-order valence-corrected chi connectivity index (χ3v) is 6.32. The van der Waals surface area contributed by atoms with E-state index in [1.54, 1.807) is 11.3 Å². The van der Waals surface area contributed by atoms with Gasteiger partial charge in [-0.3, -0.25) is 4.79 Å². The molecule has 3 nitrogen and oxygen atoms in total. The Hall–Kier alpha value is -0.870. The van der Waals surface area contributed by atoms with E-state index >= 15 is 0 Å². The molecule has 2 aliphatic carbocycles. The van der Waals surface area contributed by atoms with E-state index < -0.39 is 0 Å². The second kappa shape index (κ2) is 6.49. The van der Waals surface area contributed by atoms with Crippen molar-refractivity contribution in [3.05, 3.63) is 22.4 Å². The summed E-state index contributed by atoms with van der Waals surface area (Å²) in [5.74, 6) is 0.269. The molecular weight excluding hydrogens is 280 g/mol. The van der Waals surface area contributed by atoms with Gasteiger partial charge in [0, 0.05) is 17.0 Å². The van der Waals surface area contributed by atoms with Gasteiger partial charge in [-0.15, -0.1) is 11.3 Å². The maximum Gasteiger partial charge on any atom is 0.231 e. The highest BCUT2D eigenvalue weighted by molar-refractivity contribution is 7.10. The zero-order valence-corrected chi connectivity index (χ0v) is 13.5. The van der Waals surface area contributed by atoms with Crippen LogP contribution in [0.1, 0.15) is 62.7 Å². The molecule has 3 N–H and O–H groups in total. The van der Waals surface area contributed by atoms with Gasteiger partial charge in [0.1, 0.15) is 0 Å². The Bertz CT molecular complexity index is 457. The first kappa shape index (κ1) is 15.0. The van der Waals surface area contributed by atoms with E-state index in [9.17, 15) is 4.79 Å². The fourth-order valence-electron chi connectivity index (χ4n) is 3.88. The Morgan fingerprint density at radius 3 is 2.52 bits per heavy atom. The molecule has 2 aliphatic rings. The largest absolute Gasteiger partial charge is 0.353 e. The van der Waals surface area contributed by atoms with Gasteiger partial charge in [-0.2, -0.15) is 0 Å². The molecule has 0 aliphatic heterocycles. The number of amides is 1. The first-order chi connectivity index (χ1) is 10.2. The van der Waals surface area contributed by atoms with E-state index in [1.165, 1.54) is 24.1 Å². The van der Waals surface area contributed by atoms with Crippen LogP contribution < -0.4 is 11.1 Å². The second-order valence-electron chi connectivity index (χ2n) is 6.71. The third-order valence-electron chi connectivity index (χ3n) is 5.24. The highest BCUT2D eigenvalue weighted by Crippen LogP contribution is 2.42. The minimum absolute atomic E-state index is 0.258. The van der Waals surface area contributed by atoms with Crippen LogP contribution in [0.4, 0.5) is 0 Å². The Kier molecular flexibility index (Phi) is 4.65. The highest BCUT2D eigenvalue weighted by Gasteiger charge is 2.42. The molecule has 1 aromatic heterocycles. The second-order valence-corrected chi connectivity index (χ2v) is 7.65. The van der Waals surface area contributed by atoms with Crippen molar-refractivity contribution in [1.29, 1.82) is 0 Å². The number of rotatable bonds is 3. The van der Waals surface area contributed by atoms with Crippen molar-refractivity contribution in [2.45, 2.75) is 75.3 Å². The van der Waals surface area contributed by atoms with Gasteiger partial charge in [-0.1, -0.05) is 25.3 Å². The van der Waals surface area contributed by atoms with Gasteiger partial charge in [0.15, 0.2) is 0 Å². The van der Waals surface area contributed by atoms with Gasteiger partial charge < -0.3 is 11.1 Å². The summed E-state index contributed by atoms with van der Waals surface area (Å²) in [6, 6.07) is 4.88. The predicted octanol–water partition coefficient (Wildman–Crippen LogP) is 3.34. The standard InChI is InChI=1S/C17H26N2OS/c18-13-6-8-14(9-7-13)19-16(20)17(10-2-1-3-11-17)15-5-4-12-21-15/h4-5,12-14H,1-3,6-11,18H2,(H,19,20). The lowest BCUT2D eigenvalue weighted by atomic mass is 9.72. The molecule has 1 amide bonds. The van der Waals surface area contributed by atoms with Crippen LogP contribution in [-0.2, 0) is 10.2 Å². The molecule has 2 saturated carbocycles. The molecule has 0 bridgehead atoms. The molecule has 0 unspecified atom stereocenters. The monoisotopic (exact) mass is 306 g/mol. The molecule has 0 spiro atoms. The van der Waals surface area contributed by atoms with Crippen LogP contribution in [0.5, 0.6) is 0 Å². The topological polar surface area (TPSA) is 55.1 Å². The molecule has 1 heterocycles. The van der Waals surface area contributed by atoms with Crippen molar-refractivity contribution in [2.75, 3.05) is 0 Å². The Balaban J connectivity index is 1.72. The Labute approximate surface area is 131 Å². The number of nitrogens with two attached hydrogens (primary N) is 1. The quantitative estimate of drug-likeness (QED) is 0.900. The summed E-state index contributed by atoms with van der Waals surface area (Å²) in [4.78, 5) is 14.3. The lowest BCUT2D eigenvalue weighted by Gasteiger charge is -2.37. The zero-order valence-electron chi connectivity index (χ0n) is 12.6. The fourth-order valence-corrected chi connectivity index (χ4v) is 4.86. The van der Waals surface area contributed by atoms with E-state index in [0.29, 0.717) is 12.1 Å². The Morgan fingerprint density at radius 2 is 1.90 bits per heavy atom. The number of carbonyl (C=O) groups excluding carboxylic acids is 1. The van der Waals surface area contributed by atoms with Crippen LogP contribution in [0.3, 0.4) is 0 Å². The van der Waals surface area contributed by atoms with E-state index in [1.807, 2.05) is 0 Å². The molecular formula is C17H26N2OS. The molecule has 0 saturated heterocycles. The van der Waals surface area contributed by atoms with Crippen molar-refractivity contribution in [3.8, 4) is 0 Å². The molecule has 3 rings (SSSR count). The summed E-state index contributed by atoms with van der Waals surface area (Å²) < 4.78 is 0. The lowest BCUT2D eigenvalue weighted by molar-refractivity contribution is -0.128. The molecule has 21 heavy (non-hydrogen) atoms. The minimum atomic E-state index is -0.258. The predicted molar refractivity (Wildman–Crippen MR) is 87.5 cm³/mol. The van der Waals surface area contributed by atoms with Crippen molar-refractivity contribution in [2.24, 2.45) is 5.73 Å². The van der Waals surface area contributed by atoms with Crippen LogP contribution >= 0.6 is 11.3 Å². The van der Waals surface area contributed by atoms with Gasteiger partial charge in [-0.25, -0.2) is 0 Å². The molecule has 4 heteroatoms. The summed E-state index contributed by atoms with van der Waals surface area (Å²) in [6.45, 7) is 0. The number of carbonyl (C=O) groups is 1. The molecule has 2 fully saturated rings. The minimum Gasteiger partial charge on any atom is -0.353 e. The molecule has 0 radical (unpaired) electrons. The van der Waals surface area contributed by atoms with Crippen molar-refractivity contribution < 1.29 is 4.79 Å². The fraction of sp³-hybridized carbons (Fsp3) is 0.706. The van der Waals surface area contributed by atoms with E-state index in [-0.39, 0.29) is 11.3 Å². The van der Waals surface area contributed by atoms with Crippen molar-refractivity contribution in [1.82, 2.24) is 5.32 Å². The van der Waals surface area contributed by atoms with E-state index in [2.05, 4.69) is 22.8 Å². The first-order valence-electron chi connectivity index (χ1n) is 8.31. The molecule has 1 aromatic rings. The Morgan fingerprint density at radius 1 is 1.19 bits per heavy atom. The number of hydrogen-bond acceptors (Lipinski definition) is 3. The van der Waals surface area contributed by atoms with Crippen molar-refractivity contribution >= 4 is 17.2 Å². The van der Waals surface area contributed by atoms with E-state index in [0.717, 1.165) is 38.5 Å². The average molecular weight is 306 g/mol. The van der Waals surface area contributed by atoms with Gasteiger partial charge >= 0.3 is 0 Å². The maximum atomic E-state index is 13.0. The number of hydrogen-bond donors (Lipinski definition) is 2. The lowest BCUT2D eigenvalue weighted by Crippen LogP contribution is -2.50. The maximum absolute atomic E-state index is 13.0. The van der Waals surface area contributed by atoms with Gasteiger partial charge in [0.05, 0.1) is 5.41 Å². The van der Waals surface area contributed by atoms with Crippen LogP contribution in [0, 0.1) is 0 Å². The van der Waals surface area contributed by atoms with Crippen LogP contribution in [0.25, 0.3) is 0 Å². The normalized spacial score (nSPS) is 29.0. The SMILES string of the molecule is NC1CCC(NC(=O)C2(c3cccs3)CCCCC2)CC1. The van der Waals surface area contributed by atoms with Crippen LogP contribution in [0.2, 0.25) is 0 Å². The summed E-state index contributed by atoms with van der Waals surface area (Å²) in [5, 5.41) is 5.45. The molecule has 0 atom stereocenters. The van der Waals surface area contributed by atoms with Gasteiger partial charge in [0.2, 0.25) is 5.91 Å². The van der Waals surface area contributed by atoms with Crippen LogP contribution in [-0.4, -0.2) is 18.0 Å². The summed E-state index contributed by atoms with van der Waals surface area (Å²) >= 11 is 1.74. The van der Waals surface area contributed by atoms with E-state index in [4.69, 9.17) is 5.73 Å². The molecule has 0 aromatic carbocycles. The van der Waals surface area contributed by atoms with Gasteiger partial charge in [-0.05, 0) is 50.0 Å². The summed E-state index contributed by atoms with van der Waals surface area (Å²) in [7, 11) is 0. The average Bonchev–Trinajstić information content (AvgIpc) is 3.05.